The molecule has 0 aliphatic carbocycles. The molecule has 11 rings (SSSR count). The number of hydrogen-bond acceptors (Lipinski definition) is 3. The van der Waals surface area contributed by atoms with Crippen LogP contribution in [0.15, 0.2) is 169 Å². The third kappa shape index (κ3) is 3.94. The summed E-state index contributed by atoms with van der Waals surface area (Å²) in [6, 6.07) is 59.2. The van der Waals surface area contributed by atoms with Gasteiger partial charge < -0.3 is 5.32 Å². The van der Waals surface area contributed by atoms with Crippen LogP contribution in [0.2, 0.25) is 0 Å². The van der Waals surface area contributed by atoms with Crippen LogP contribution in [-0.2, 0) is 0 Å². The minimum atomic E-state index is -0.0586. The van der Waals surface area contributed by atoms with Crippen molar-refractivity contribution < 1.29 is 0 Å². The molecule has 50 heavy (non-hydrogen) atoms. The number of fused-ring (bicyclic) bond motifs is 13. The standard InChI is InChI=1S/C46H29N3S/c1-2-12-28(13-3-1)29-22-24-30(25-23-29)44-34-16-6-9-19-37(34)47-46(48-44)49-38-20-10-7-17-35(38)41-39(49)27-26-32-31-14-4-5-15-33(31)45-43(42(32)41)36-18-8-11-21-40(36)50-45/h1-27,44H,(H,47,48). The zero-order chi connectivity index (χ0) is 32.8. The maximum atomic E-state index is 5.33. The van der Waals surface area contributed by atoms with Crippen LogP contribution >= 0.6 is 11.3 Å². The van der Waals surface area contributed by atoms with Gasteiger partial charge in [-0.3, -0.25) is 4.57 Å². The van der Waals surface area contributed by atoms with Crippen molar-refractivity contribution in [3.05, 3.63) is 175 Å². The highest BCUT2D eigenvalue weighted by molar-refractivity contribution is 7.27. The number of nitrogens with zero attached hydrogens (tertiary/aromatic N) is 2. The molecular weight excluding hydrogens is 627 g/mol. The van der Waals surface area contributed by atoms with Crippen molar-refractivity contribution in [2.45, 2.75) is 6.04 Å². The molecule has 4 heteroatoms. The number of aromatic nitrogens is 1. The SMILES string of the molecule is c1ccc(-c2ccc(C3NC(n4c5ccccc5c5c6c(ccc54)c4ccccc4c4sc5ccccc5c46)=Nc4ccccc43)cc2)cc1. The second-order valence-electron chi connectivity index (χ2n) is 13.1. The Balaban J connectivity index is 1.18. The summed E-state index contributed by atoms with van der Waals surface area (Å²) in [6.45, 7) is 0. The van der Waals surface area contributed by atoms with E-state index in [-0.39, 0.29) is 6.04 Å². The van der Waals surface area contributed by atoms with Crippen LogP contribution in [0.4, 0.5) is 5.69 Å². The molecule has 8 aromatic carbocycles. The van der Waals surface area contributed by atoms with Crippen LogP contribution in [0.3, 0.4) is 0 Å². The Morgan fingerprint density at radius 1 is 0.480 bits per heavy atom. The average Bonchev–Trinajstić information content (AvgIpc) is 3.75. The summed E-state index contributed by atoms with van der Waals surface area (Å²) in [7, 11) is 0. The zero-order valence-electron chi connectivity index (χ0n) is 27.0. The van der Waals surface area contributed by atoms with Gasteiger partial charge in [0.25, 0.3) is 0 Å². The van der Waals surface area contributed by atoms with Crippen LogP contribution in [-0.4, -0.2) is 10.5 Å². The highest BCUT2D eigenvalue weighted by atomic mass is 32.1. The zero-order valence-corrected chi connectivity index (χ0v) is 27.8. The number of thiophene rings is 1. The van der Waals surface area contributed by atoms with Gasteiger partial charge in [0.05, 0.1) is 22.8 Å². The van der Waals surface area contributed by atoms with Crippen LogP contribution in [0.5, 0.6) is 0 Å². The van der Waals surface area contributed by atoms with Crippen LogP contribution in [0, 0.1) is 0 Å². The Hall–Kier alpha value is -6.23. The van der Waals surface area contributed by atoms with E-state index >= 15 is 0 Å². The third-order valence-electron chi connectivity index (χ3n) is 10.5. The lowest BCUT2D eigenvalue weighted by Crippen LogP contribution is -2.36. The van der Waals surface area contributed by atoms with Gasteiger partial charge in [-0.15, -0.1) is 11.3 Å². The van der Waals surface area contributed by atoms with Gasteiger partial charge in [0.15, 0.2) is 0 Å². The minimum absolute atomic E-state index is 0.0586. The molecule has 1 aliphatic heterocycles. The Morgan fingerprint density at radius 3 is 2.02 bits per heavy atom. The topological polar surface area (TPSA) is 29.3 Å². The third-order valence-corrected chi connectivity index (χ3v) is 11.7. The number of aliphatic imine (C=N–C) groups is 1. The van der Waals surface area contributed by atoms with E-state index in [4.69, 9.17) is 4.99 Å². The van der Waals surface area contributed by atoms with Gasteiger partial charge in [-0.05, 0) is 51.7 Å². The molecule has 1 N–H and O–H groups in total. The molecule has 0 bridgehead atoms. The van der Waals surface area contributed by atoms with Crippen molar-refractivity contribution in [2.24, 2.45) is 4.99 Å². The Kier molecular flexibility index (Phi) is 5.89. The van der Waals surface area contributed by atoms with Gasteiger partial charge >= 0.3 is 0 Å². The molecule has 1 aliphatic rings. The highest BCUT2D eigenvalue weighted by Crippen LogP contribution is 2.48. The van der Waals surface area contributed by atoms with Gasteiger partial charge in [0, 0.05) is 47.3 Å². The second kappa shape index (κ2) is 10.6. The van der Waals surface area contributed by atoms with Crippen molar-refractivity contribution in [2.75, 3.05) is 0 Å². The maximum absolute atomic E-state index is 5.33. The average molecular weight is 656 g/mol. The van der Waals surface area contributed by atoms with E-state index in [1.807, 2.05) is 11.3 Å². The summed E-state index contributed by atoms with van der Waals surface area (Å²) < 4.78 is 5.01. The van der Waals surface area contributed by atoms with Crippen LogP contribution in [0.25, 0.3) is 74.6 Å². The predicted molar refractivity (Wildman–Crippen MR) is 213 cm³/mol. The molecule has 0 fully saturated rings. The molecule has 3 heterocycles. The lowest BCUT2D eigenvalue weighted by Gasteiger charge is -2.28. The molecule has 0 saturated heterocycles. The van der Waals surface area contributed by atoms with Gasteiger partial charge in [-0.2, -0.15) is 0 Å². The van der Waals surface area contributed by atoms with Crippen molar-refractivity contribution in [3.63, 3.8) is 0 Å². The summed E-state index contributed by atoms with van der Waals surface area (Å²) in [5.41, 5.74) is 8.08. The van der Waals surface area contributed by atoms with Gasteiger partial charge in [-0.25, -0.2) is 4.99 Å². The van der Waals surface area contributed by atoms with Crippen LogP contribution < -0.4 is 5.32 Å². The molecule has 0 spiro atoms. The molecule has 0 amide bonds. The van der Waals surface area contributed by atoms with Crippen molar-refractivity contribution in [1.29, 1.82) is 0 Å². The highest BCUT2D eigenvalue weighted by Gasteiger charge is 2.27. The molecule has 234 valence electrons. The fourth-order valence-corrected chi connectivity index (χ4v) is 9.48. The number of benzene rings is 8. The molecule has 1 unspecified atom stereocenters. The molecule has 10 aromatic rings. The van der Waals surface area contributed by atoms with Crippen molar-refractivity contribution in [3.8, 4) is 11.1 Å². The monoisotopic (exact) mass is 655 g/mol. The first-order valence-corrected chi connectivity index (χ1v) is 17.9. The predicted octanol–water partition coefficient (Wildman–Crippen LogP) is 12.4. The van der Waals surface area contributed by atoms with Crippen molar-refractivity contribution >= 4 is 86.5 Å². The first kappa shape index (κ1) is 27.7. The minimum Gasteiger partial charge on any atom is -0.344 e. The number of nitrogens with one attached hydrogen (secondary N) is 1. The number of rotatable bonds is 2. The summed E-state index contributed by atoms with van der Waals surface area (Å²) in [4.78, 5) is 5.33. The Bertz CT molecular complexity index is 3000. The fourth-order valence-electron chi connectivity index (χ4n) is 8.23. The van der Waals surface area contributed by atoms with E-state index in [2.05, 4.69) is 174 Å². The second-order valence-corrected chi connectivity index (χ2v) is 14.2. The largest absolute Gasteiger partial charge is 0.344 e. The smallest absolute Gasteiger partial charge is 0.209 e. The van der Waals surface area contributed by atoms with Gasteiger partial charge in [0.1, 0.15) is 0 Å². The van der Waals surface area contributed by atoms with E-state index in [0.717, 1.165) is 22.7 Å². The van der Waals surface area contributed by atoms with Crippen LogP contribution in [0.1, 0.15) is 17.2 Å². The van der Waals surface area contributed by atoms with Crippen molar-refractivity contribution in [1.82, 2.24) is 9.88 Å². The summed E-state index contributed by atoms with van der Waals surface area (Å²) in [6.07, 6.45) is 0. The Labute approximate surface area is 292 Å². The van der Waals surface area contributed by atoms with E-state index in [1.54, 1.807) is 0 Å². The van der Waals surface area contributed by atoms with E-state index < -0.39 is 0 Å². The van der Waals surface area contributed by atoms with Gasteiger partial charge in [0.2, 0.25) is 5.96 Å². The van der Waals surface area contributed by atoms with E-state index in [0.29, 0.717) is 0 Å². The Morgan fingerprint density at radius 2 is 1.16 bits per heavy atom. The molecule has 1 atom stereocenters. The number of para-hydroxylation sites is 2. The first-order valence-electron chi connectivity index (χ1n) is 17.1. The van der Waals surface area contributed by atoms with E-state index in [9.17, 15) is 0 Å². The number of hydrogen-bond donors (Lipinski definition) is 1. The van der Waals surface area contributed by atoms with E-state index in [1.165, 1.54) is 74.7 Å². The first-order chi connectivity index (χ1) is 24.8. The molecule has 0 radical (unpaired) electrons. The lowest BCUT2D eigenvalue weighted by atomic mass is 9.94. The van der Waals surface area contributed by atoms with Gasteiger partial charge in [-0.1, -0.05) is 140 Å². The molecular formula is C46H29N3S. The molecule has 2 aromatic heterocycles. The summed E-state index contributed by atoms with van der Waals surface area (Å²) >= 11 is 1.90. The fraction of sp³-hybridized carbons (Fsp3) is 0.0217. The quantitative estimate of drug-likeness (QED) is 0.185. The summed E-state index contributed by atoms with van der Waals surface area (Å²) in [5.74, 6) is 0.832. The summed E-state index contributed by atoms with van der Waals surface area (Å²) in [5, 5.41) is 14.3. The normalized spacial score (nSPS) is 14.5. The lowest BCUT2D eigenvalue weighted by molar-refractivity contribution is 0.731. The maximum Gasteiger partial charge on any atom is 0.209 e. The molecule has 3 nitrogen and oxygen atoms in total. The molecule has 0 saturated carbocycles.